The summed E-state index contributed by atoms with van der Waals surface area (Å²) >= 11 is 0. The summed E-state index contributed by atoms with van der Waals surface area (Å²) in [5.41, 5.74) is 12.3. The number of morpholine rings is 1. The highest BCUT2D eigenvalue weighted by atomic mass is 16.5. The largest absolute Gasteiger partial charge is 0.378 e. The maximum absolute atomic E-state index is 13.5. The van der Waals surface area contributed by atoms with E-state index in [2.05, 4.69) is 42.6 Å². The summed E-state index contributed by atoms with van der Waals surface area (Å²) in [6.07, 6.45) is 7.87. The molecular formula is C31H34N10O2. The molecule has 3 aliphatic rings. The number of rotatable bonds is 5. The molecule has 2 N–H and O–H groups in total. The van der Waals surface area contributed by atoms with Crippen LogP contribution >= 0.6 is 0 Å². The summed E-state index contributed by atoms with van der Waals surface area (Å²) in [4.78, 5) is 44.8. The number of carbonyl (C=O) groups excluding carboxylic acids is 1. The van der Waals surface area contributed by atoms with E-state index in [1.165, 1.54) is 0 Å². The van der Waals surface area contributed by atoms with Crippen LogP contribution in [0.15, 0.2) is 55.1 Å². The molecule has 1 aromatic carbocycles. The normalized spacial score (nSPS) is 16.9. The molecule has 0 saturated carbocycles. The number of nitrogens with two attached hydrogens (primary N) is 1. The van der Waals surface area contributed by atoms with Gasteiger partial charge in [0.15, 0.2) is 0 Å². The second-order valence-electron chi connectivity index (χ2n) is 11.0. The van der Waals surface area contributed by atoms with Crippen LogP contribution in [0.3, 0.4) is 0 Å². The highest BCUT2D eigenvalue weighted by Gasteiger charge is 2.31. The summed E-state index contributed by atoms with van der Waals surface area (Å²) in [6.45, 7) is 8.45. The van der Waals surface area contributed by atoms with Crippen LogP contribution < -0.4 is 20.4 Å². The predicted octanol–water partition coefficient (Wildman–Crippen LogP) is 2.71. The monoisotopic (exact) mass is 578 g/mol. The van der Waals surface area contributed by atoms with E-state index >= 15 is 0 Å². The summed E-state index contributed by atoms with van der Waals surface area (Å²) in [5, 5.41) is 0. The predicted molar refractivity (Wildman–Crippen MR) is 165 cm³/mol. The number of ether oxygens (including phenoxy) is 1. The van der Waals surface area contributed by atoms with Gasteiger partial charge < -0.3 is 30.1 Å². The molecule has 1 amide bonds. The van der Waals surface area contributed by atoms with Gasteiger partial charge in [0.1, 0.15) is 5.82 Å². The number of fused-ring (bicyclic) bond motifs is 1. The Labute approximate surface area is 250 Å². The van der Waals surface area contributed by atoms with Gasteiger partial charge in [0.2, 0.25) is 11.9 Å². The Morgan fingerprint density at radius 1 is 0.907 bits per heavy atom. The number of amides is 1. The molecular weight excluding hydrogens is 544 g/mol. The Morgan fingerprint density at radius 2 is 1.70 bits per heavy atom. The quantitative estimate of drug-likeness (QED) is 0.375. The second-order valence-corrected chi connectivity index (χ2v) is 11.0. The van der Waals surface area contributed by atoms with Gasteiger partial charge in [-0.15, -0.1) is 0 Å². The summed E-state index contributed by atoms with van der Waals surface area (Å²) in [6, 6.07) is 9.99. The van der Waals surface area contributed by atoms with E-state index in [1.807, 2.05) is 35.4 Å². The number of piperazine rings is 1. The van der Waals surface area contributed by atoms with Crippen molar-refractivity contribution in [2.24, 2.45) is 0 Å². The minimum atomic E-state index is 0.0601. The first-order chi connectivity index (χ1) is 21.0. The van der Waals surface area contributed by atoms with Crippen LogP contribution in [0.4, 0.5) is 29.1 Å². The molecule has 4 aromatic rings. The molecule has 2 saturated heterocycles. The third kappa shape index (κ3) is 5.29. The fraction of sp³-hybridized carbons (Fsp3) is 0.355. The van der Waals surface area contributed by atoms with Crippen LogP contribution in [0.25, 0.3) is 11.3 Å². The van der Waals surface area contributed by atoms with Crippen molar-refractivity contribution in [2.75, 3.05) is 79.5 Å². The number of benzene rings is 1. The minimum absolute atomic E-state index is 0.0601. The molecule has 7 rings (SSSR count). The Balaban J connectivity index is 1.15. The van der Waals surface area contributed by atoms with Crippen LogP contribution in [0, 0.1) is 6.92 Å². The molecule has 0 unspecified atom stereocenters. The molecule has 2 fully saturated rings. The fourth-order valence-corrected chi connectivity index (χ4v) is 6.06. The lowest BCUT2D eigenvalue weighted by Gasteiger charge is -2.36. The number of aryl methyl sites for hydroxylation is 1. The number of aromatic nitrogens is 5. The van der Waals surface area contributed by atoms with Crippen molar-refractivity contribution in [1.82, 2.24) is 29.8 Å². The molecule has 3 aliphatic heterocycles. The van der Waals surface area contributed by atoms with Gasteiger partial charge in [-0.2, -0.15) is 4.98 Å². The number of pyridine rings is 1. The molecule has 0 atom stereocenters. The summed E-state index contributed by atoms with van der Waals surface area (Å²) in [7, 11) is 0. The van der Waals surface area contributed by atoms with Gasteiger partial charge in [0.05, 0.1) is 30.8 Å². The Hall–Kier alpha value is -4.84. The molecule has 0 bridgehead atoms. The molecule has 12 nitrogen and oxygen atoms in total. The van der Waals surface area contributed by atoms with E-state index in [1.54, 1.807) is 18.6 Å². The maximum Gasteiger partial charge on any atom is 0.253 e. The SMILES string of the molecule is Cc1cc(C(=O)N2CCN(c3cccnc3)CC2)ccc1N1CCc2c(-c3cnc(N)nc3)nc(N3CCOCC3)nc21. The average molecular weight is 579 g/mol. The number of hydrogen-bond acceptors (Lipinski definition) is 11. The summed E-state index contributed by atoms with van der Waals surface area (Å²) < 4.78 is 5.57. The lowest BCUT2D eigenvalue weighted by atomic mass is 10.1. The van der Waals surface area contributed by atoms with E-state index in [4.69, 9.17) is 20.4 Å². The van der Waals surface area contributed by atoms with Gasteiger partial charge in [0.25, 0.3) is 5.91 Å². The lowest BCUT2D eigenvalue weighted by Crippen LogP contribution is -2.48. The first-order valence-electron chi connectivity index (χ1n) is 14.7. The van der Waals surface area contributed by atoms with Gasteiger partial charge in [-0.25, -0.2) is 15.0 Å². The molecule has 0 radical (unpaired) electrons. The van der Waals surface area contributed by atoms with E-state index < -0.39 is 0 Å². The fourth-order valence-electron chi connectivity index (χ4n) is 6.06. The molecule has 0 aliphatic carbocycles. The molecule has 12 heteroatoms. The number of hydrogen-bond donors (Lipinski definition) is 1. The number of nitrogen functional groups attached to an aromatic ring is 1. The highest BCUT2D eigenvalue weighted by molar-refractivity contribution is 5.95. The maximum atomic E-state index is 13.5. The van der Waals surface area contributed by atoms with Crippen molar-refractivity contribution in [1.29, 1.82) is 0 Å². The van der Waals surface area contributed by atoms with Crippen LogP contribution in [0.1, 0.15) is 21.5 Å². The van der Waals surface area contributed by atoms with Gasteiger partial charge >= 0.3 is 0 Å². The minimum Gasteiger partial charge on any atom is -0.378 e. The topological polar surface area (TPSA) is 130 Å². The van der Waals surface area contributed by atoms with Crippen molar-refractivity contribution < 1.29 is 9.53 Å². The van der Waals surface area contributed by atoms with Crippen molar-refractivity contribution in [2.45, 2.75) is 13.3 Å². The number of carbonyl (C=O) groups is 1. The molecule has 220 valence electrons. The van der Waals surface area contributed by atoms with Crippen molar-refractivity contribution in [3.05, 3.63) is 71.8 Å². The first kappa shape index (κ1) is 27.0. The first-order valence-corrected chi connectivity index (χ1v) is 14.7. The standard InChI is InChI=1S/C31H34N10O2/c1-21-17-22(29(42)39-11-9-38(10-12-39)24-3-2-7-33-20-24)4-5-26(21)41-8-6-25-27(23-18-34-30(32)35-19-23)36-31(37-28(25)41)40-13-15-43-16-14-40/h2-5,7,17-20H,6,8-16H2,1H3,(H2,32,34,35). The van der Waals surface area contributed by atoms with Crippen molar-refractivity contribution in [3.8, 4) is 11.3 Å². The lowest BCUT2D eigenvalue weighted by molar-refractivity contribution is 0.0746. The van der Waals surface area contributed by atoms with Crippen molar-refractivity contribution >= 4 is 35.0 Å². The van der Waals surface area contributed by atoms with E-state index in [0.717, 1.165) is 78.7 Å². The van der Waals surface area contributed by atoms with Crippen LogP contribution in [-0.2, 0) is 11.2 Å². The number of nitrogens with zero attached hydrogens (tertiary/aromatic N) is 9. The molecule has 3 aromatic heterocycles. The third-order valence-electron chi connectivity index (χ3n) is 8.37. The highest BCUT2D eigenvalue weighted by Crippen LogP contribution is 2.40. The zero-order valence-corrected chi connectivity index (χ0v) is 24.2. The Morgan fingerprint density at radius 3 is 2.42 bits per heavy atom. The Bertz CT molecular complexity index is 1620. The van der Waals surface area contributed by atoms with Crippen LogP contribution in [0.5, 0.6) is 0 Å². The van der Waals surface area contributed by atoms with Crippen molar-refractivity contribution in [3.63, 3.8) is 0 Å². The van der Waals surface area contributed by atoms with Gasteiger partial charge in [-0.1, -0.05) is 0 Å². The van der Waals surface area contributed by atoms with Gasteiger partial charge in [-0.3, -0.25) is 9.78 Å². The zero-order chi connectivity index (χ0) is 29.3. The molecule has 43 heavy (non-hydrogen) atoms. The third-order valence-corrected chi connectivity index (χ3v) is 8.37. The smallest absolute Gasteiger partial charge is 0.253 e. The van der Waals surface area contributed by atoms with E-state index in [9.17, 15) is 4.79 Å². The number of anilines is 5. The summed E-state index contributed by atoms with van der Waals surface area (Å²) in [5.74, 6) is 1.82. The van der Waals surface area contributed by atoms with E-state index in [-0.39, 0.29) is 11.9 Å². The molecule has 0 spiro atoms. The van der Waals surface area contributed by atoms with Gasteiger partial charge in [0, 0.05) is 86.8 Å². The Kier molecular flexibility index (Phi) is 7.19. The van der Waals surface area contributed by atoms with Gasteiger partial charge in [-0.05, 0) is 49.2 Å². The van der Waals surface area contributed by atoms with E-state index in [0.29, 0.717) is 37.8 Å². The molecule has 6 heterocycles. The average Bonchev–Trinajstić information content (AvgIpc) is 3.49. The van der Waals surface area contributed by atoms with Crippen LogP contribution in [0.2, 0.25) is 0 Å². The van der Waals surface area contributed by atoms with Crippen LogP contribution in [-0.4, -0.2) is 94.8 Å². The zero-order valence-electron chi connectivity index (χ0n) is 24.2. The second kappa shape index (κ2) is 11.4.